The van der Waals surface area contributed by atoms with Gasteiger partial charge in [-0.2, -0.15) is 4.98 Å². The number of carbonyl (C=O) groups excluding carboxylic acids is 1. The number of nitro groups is 1. The molecule has 1 heterocycles. The van der Waals surface area contributed by atoms with Crippen molar-refractivity contribution in [2.75, 3.05) is 18.6 Å². The average Bonchev–Trinajstić information content (AvgIpc) is 3.34. The van der Waals surface area contributed by atoms with Crippen molar-refractivity contribution < 1.29 is 14.5 Å². The Morgan fingerprint density at radius 3 is 2.83 bits per heavy atom. The van der Waals surface area contributed by atoms with Crippen molar-refractivity contribution >= 4 is 29.1 Å². The van der Waals surface area contributed by atoms with Gasteiger partial charge in [0, 0.05) is 6.54 Å². The van der Waals surface area contributed by atoms with Crippen molar-refractivity contribution in [1.82, 2.24) is 9.97 Å². The van der Waals surface area contributed by atoms with Gasteiger partial charge >= 0.3 is 11.7 Å². The van der Waals surface area contributed by atoms with Gasteiger partial charge in [0.1, 0.15) is 12.2 Å². The Morgan fingerprint density at radius 2 is 2.30 bits per heavy atom. The van der Waals surface area contributed by atoms with E-state index >= 15 is 0 Å². The number of nitrogens with zero attached hydrogens (tertiary/aromatic N) is 4. The van der Waals surface area contributed by atoms with E-state index in [1.165, 1.54) is 7.11 Å². The Balaban J connectivity index is 2.40. The van der Waals surface area contributed by atoms with E-state index in [-0.39, 0.29) is 16.8 Å². The second kappa shape index (κ2) is 7.54. The molecule has 1 aromatic rings. The first-order valence-corrected chi connectivity index (χ1v) is 7.87. The van der Waals surface area contributed by atoms with Crippen molar-refractivity contribution in [3.63, 3.8) is 0 Å². The third kappa shape index (κ3) is 4.28. The summed E-state index contributed by atoms with van der Waals surface area (Å²) in [6.45, 7) is 2.30. The van der Waals surface area contributed by atoms with Crippen LogP contribution in [0.15, 0.2) is 6.20 Å². The largest absolute Gasteiger partial charge is 0.467 e. The summed E-state index contributed by atoms with van der Waals surface area (Å²) < 4.78 is 4.83. The van der Waals surface area contributed by atoms with Gasteiger partial charge < -0.3 is 9.64 Å². The smallest absolute Gasteiger partial charge is 0.329 e. The SMILES string of the molecule is CCC(C(=O)OC)N(CCC1CC1)c1nc(Cl)ncc1[N+](=O)[O-]. The first-order chi connectivity index (χ1) is 11.0. The van der Waals surface area contributed by atoms with Crippen LogP contribution in [0.1, 0.15) is 32.6 Å². The quantitative estimate of drug-likeness (QED) is 0.310. The second-order valence-corrected chi connectivity index (χ2v) is 5.82. The fourth-order valence-electron chi connectivity index (χ4n) is 2.47. The molecule has 1 fully saturated rings. The van der Waals surface area contributed by atoms with E-state index in [2.05, 4.69) is 9.97 Å². The minimum Gasteiger partial charge on any atom is -0.467 e. The molecule has 1 aliphatic rings. The molecule has 0 bridgehead atoms. The summed E-state index contributed by atoms with van der Waals surface area (Å²) in [6, 6.07) is -0.650. The van der Waals surface area contributed by atoms with Crippen LogP contribution in [0.4, 0.5) is 11.5 Å². The molecule has 1 aliphatic carbocycles. The third-order valence-corrected chi connectivity index (χ3v) is 4.08. The summed E-state index contributed by atoms with van der Waals surface area (Å²) in [7, 11) is 1.30. The topological polar surface area (TPSA) is 98.5 Å². The average molecular weight is 343 g/mol. The maximum absolute atomic E-state index is 12.1. The van der Waals surface area contributed by atoms with Gasteiger partial charge in [0.15, 0.2) is 0 Å². The summed E-state index contributed by atoms with van der Waals surface area (Å²) in [5.41, 5.74) is -0.271. The van der Waals surface area contributed by atoms with Crippen LogP contribution in [-0.4, -0.2) is 40.6 Å². The predicted molar refractivity (Wildman–Crippen MR) is 84.5 cm³/mol. The molecule has 2 rings (SSSR count). The van der Waals surface area contributed by atoms with Crippen LogP contribution in [0.2, 0.25) is 5.28 Å². The number of hydrogen-bond donors (Lipinski definition) is 0. The van der Waals surface area contributed by atoms with E-state index in [1.54, 1.807) is 4.90 Å². The van der Waals surface area contributed by atoms with Crippen LogP contribution in [0.25, 0.3) is 0 Å². The van der Waals surface area contributed by atoms with Crippen molar-refractivity contribution in [2.24, 2.45) is 5.92 Å². The zero-order valence-electron chi connectivity index (χ0n) is 13.1. The van der Waals surface area contributed by atoms with Gasteiger partial charge in [-0.3, -0.25) is 10.1 Å². The Labute approximate surface area is 139 Å². The Kier molecular flexibility index (Phi) is 5.70. The number of carbonyl (C=O) groups is 1. The number of anilines is 1. The zero-order valence-corrected chi connectivity index (χ0v) is 13.8. The van der Waals surface area contributed by atoms with Crippen molar-refractivity contribution in [3.8, 4) is 0 Å². The Hall–Kier alpha value is -1.96. The number of rotatable bonds is 8. The molecule has 0 aromatic carbocycles. The molecule has 0 saturated heterocycles. The fourth-order valence-corrected chi connectivity index (χ4v) is 2.60. The lowest BCUT2D eigenvalue weighted by molar-refractivity contribution is -0.384. The molecule has 126 valence electrons. The van der Waals surface area contributed by atoms with E-state index in [0.29, 0.717) is 18.9 Å². The standard InChI is InChI=1S/C14H19ClN4O4/c1-3-10(13(20)23-2)18(7-6-9-4-5-9)12-11(19(21)22)8-16-14(15)17-12/h8-10H,3-7H2,1-2H3. The molecule has 8 nitrogen and oxygen atoms in total. The van der Waals surface area contributed by atoms with E-state index in [4.69, 9.17) is 16.3 Å². The normalized spacial score (nSPS) is 15.1. The van der Waals surface area contributed by atoms with Crippen molar-refractivity contribution in [1.29, 1.82) is 0 Å². The molecule has 0 N–H and O–H groups in total. The van der Waals surface area contributed by atoms with Crippen LogP contribution in [0.3, 0.4) is 0 Å². The van der Waals surface area contributed by atoms with Crippen LogP contribution in [0, 0.1) is 16.0 Å². The first kappa shape index (κ1) is 17.4. The van der Waals surface area contributed by atoms with E-state index in [1.807, 2.05) is 6.92 Å². The molecular formula is C14H19ClN4O4. The monoisotopic (exact) mass is 342 g/mol. The molecule has 0 radical (unpaired) electrons. The number of hydrogen-bond acceptors (Lipinski definition) is 7. The zero-order chi connectivity index (χ0) is 17.0. The maximum Gasteiger partial charge on any atom is 0.329 e. The molecule has 9 heteroatoms. The molecule has 1 aromatic heterocycles. The Bertz CT molecular complexity index is 594. The van der Waals surface area contributed by atoms with E-state index in [9.17, 15) is 14.9 Å². The number of halogens is 1. The predicted octanol–water partition coefficient (Wildman–Crippen LogP) is 2.60. The van der Waals surface area contributed by atoms with Crippen LogP contribution >= 0.6 is 11.6 Å². The maximum atomic E-state index is 12.1. The molecule has 1 saturated carbocycles. The van der Waals surface area contributed by atoms with E-state index < -0.39 is 16.9 Å². The minimum atomic E-state index is -0.650. The van der Waals surface area contributed by atoms with Gasteiger partial charge in [-0.05, 0) is 30.4 Å². The minimum absolute atomic E-state index is 0.0629. The first-order valence-electron chi connectivity index (χ1n) is 7.49. The van der Waals surface area contributed by atoms with Crippen LogP contribution in [-0.2, 0) is 9.53 Å². The molecule has 0 spiro atoms. The molecule has 23 heavy (non-hydrogen) atoms. The lowest BCUT2D eigenvalue weighted by Crippen LogP contribution is -2.43. The number of ether oxygens (including phenoxy) is 1. The van der Waals surface area contributed by atoms with Crippen molar-refractivity contribution in [2.45, 2.75) is 38.6 Å². The lowest BCUT2D eigenvalue weighted by atomic mass is 10.1. The lowest BCUT2D eigenvalue weighted by Gasteiger charge is -2.29. The summed E-state index contributed by atoms with van der Waals surface area (Å²) >= 11 is 5.81. The summed E-state index contributed by atoms with van der Waals surface area (Å²) in [5.74, 6) is 0.212. The summed E-state index contributed by atoms with van der Waals surface area (Å²) in [5, 5.41) is 11.2. The number of aromatic nitrogens is 2. The molecule has 0 amide bonds. The highest BCUT2D eigenvalue weighted by atomic mass is 35.5. The molecule has 1 atom stereocenters. The van der Waals surface area contributed by atoms with Gasteiger partial charge in [0.25, 0.3) is 0 Å². The van der Waals surface area contributed by atoms with Gasteiger partial charge in [-0.1, -0.05) is 19.8 Å². The van der Waals surface area contributed by atoms with Crippen LogP contribution < -0.4 is 4.90 Å². The molecular weight excluding hydrogens is 324 g/mol. The molecule has 0 aliphatic heterocycles. The van der Waals surface area contributed by atoms with Gasteiger partial charge in [0.05, 0.1) is 12.0 Å². The van der Waals surface area contributed by atoms with Gasteiger partial charge in [0.2, 0.25) is 11.1 Å². The van der Waals surface area contributed by atoms with Gasteiger partial charge in [-0.15, -0.1) is 0 Å². The van der Waals surface area contributed by atoms with Crippen LogP contribution in [0.5, 0.6) is 0 Å². The number of methoxy groups -OCH3 is 1. The number of esters is 1. The summed E-state index contributed by atoms with van der Waals surface area (Å²) in [4.78, 5) is 32.1. The van der Waals surface area contributed by atoms with E-state index in [0.717, 1.165) is 25.5 Å². The highest BCUT2D eigenvalue weighted by Crippen LogP contribution is 2.35. The highest BCUT2D eigenvalue weighted by molar-refractivity contribution is 6.28. The summed E-state index contributed by atoms with van der Waals surface area (Å²) in [6.07, 6.45) is 4.64. The third-order valence-electron chi connectivity index (χ3n) is 3.90. The Morgan fingerprint density at radius 1 is 1.61 bits per heavy atom. The highest BCUT2D eigenvalue weighted by Gasteiger charge is 2.33. The fraction of sp³-hybridized carbons (Fsp3) is 0.643. The second-order valence-electron chi connectivity index (χ2n) is 5.48. The molecule has 1 unspecified atom stereocenters. The van der Waals surface area contributed by atoms with Gasteiger partial charge in [-0.25, -0.2) is 9.78 Å². The van der Waals surface area contributed by atoms with Crippen molar-refractivity contribution in [3.05, 3.63) is 21.6 Å².